The molecule has 0 saturated heterocycles. The maximum absolute atomic E-state index is 9.95. The van der Waals surface area contributed by atoms with Gasteiger partial charge in [-0.15, -0.1) is 0 Å². The lowest BCUT2D eigenvalue weighted by molar-refractivity contribution is 0.470. The number of phenols is 2. The molecule has 0 unspecified atom stereocenters. The summed E-state index contributed by atoms with van der Waals surface area (Å²) < 4.78 is 6.37. The second-order valence-corrected chi connectivity index (χ2v) is 7.07. The molecule has 0 heterocycles. The zero-order chi connectivity index (χ0) is 20.4. The van der Waals surface area contributed by atoms with Gasteiger partial charge in [0.05, 0.1) is 0 Å². The van der Waals surface area contributed by atoms with E-state index in [-0.39, 0.29) is 11.5 Å². The van der Waals surface area contributed by atoms with E-state index in [0.717, 1.165) is 32.7 Å². The summed E-state index contributed by atoms with van der Waals surface area (Å²) in [5, 5.41) is 23.8. The average Bonchev–Trinajstić information content (AvgIpc) is 2.71. The molecule has 0 fully saturated rings. The molecule has 5 nitrogen and oxygen atoms in total. The number of benzene rings is 4. The molecule has 0 spiro atoms. The number of phenolic OH excluding ortho intramolecular Hbond substituents is 2. The Kier molecular flexibility index (Phi) is 5.25. The summed E-state index contributed by atoms with van der Waals surface area (Å²) >= 11 is 0. The fourth-order valence-electron chi connectivity index (χ4n) is 3.81. The van der Waals surface area contributed by atoms with E-state index in [9.17, 15) is 10.2 Å². The van der Waals surface area contributed by atoms with Crippen molar-refractivity contribution in [3.63, 3.8) is 0 Å². The molecule has 5 heteroatoms. The Bertz CT molecular complexity index is 1090. The molecular formula is C24H24N2O3. The minimum Gasteiger partial charge on any atom is -0.508 e. The SMILES string of the molecule is NCCc1c(Oc2ccc3ccc(O)cc3c2CCN)ccc2ccc(O)cc12. The maximum atomic E-state index is 9.95. The largest absolute Gasteiger partial charge is 0.508 e. The van der Waals surface area contributed by atoms with Crippen molar-refractivity contribution in [2.45, 2.75) is 12.8 Å². The summed E-state index contributed by atoms with van der Waals surface area (Å²) in [6.07, 6.45) is 1.24. The predicted molar refractivity (Wildman–Crippen MR) is 117 cm³/mol. The average molecular weight is 388 g/mol. The van der Waals surface area contributed by atoms with Crippen LogP contribution >= 0.6 is 0 Å². The van der Waals surface area contributed by atoms with Crippen molar-refractivity contribution in [3.8, 4) is 23.0 Å². The van der Waals surface area contributed by atoms with E-state index < -0.39 is 0 Å². The number of aromatic hydroxyl groups is 2. The number of hydrogen-bond donors (Lipinski definition) is 4. The Hall–Kier alpha value is -3.28. The number of rotatable bonds is 6. The van der Waals surface area contributed by atoms with E-state index in [0.29, 0.717) is 37.4 Å². The molecular weight excluding hydrogens is 364 g/mol. The molecule has 0 aliphatic carbocycles. The van der Waals surface area contributed by atoms with Crippen LogP contribution < -0.4 is 16.2 Å². The molecule has 0 radical (unpaired) electrons. The Labute approximate surface area is 169 Å². The van der Waals surface area contributed by atoms with Crippen LogP contribution in [-0.4, -0.2) is 23.3 Å². The minimum absolute atomic E-state index is 0.206. The molecule has 0 saturated carbocycles. The van der Waals surface area contributed by atoms with Gasteiger partial charge in [-0.3, -0.25) is 0 Å². The van der Waals surface area contributed by atoms with Gasteiger partial charge in [-0.2, -0.15) is 0 Å². The Morgan fingerprint density at radius 3 is 1.45 bits per heavy atom. The predicted octanol–water partition coefficient (Wildman–Crippen LogP) is 4.20. The molecule has 0 bridgehead atoms. The second kappa shape index (κ2) is 7.99. The highest BCUT2D eigenvalue weighted by molar-refractivity contribution is 5.90. The first-order valence-electron chi connectivity index (χ1n) is 9.68. The van der Waals surface area contributed by atoms with Crippen molar-refractivity contribution in [2.24, 2.45) is 11.5 Å². The van der Waals surface area contributed by atoms with Crippen LogP contribution in [0.15, 0.2) is 60.7 Å². The van der Waals surface area contributed by atoms with Crippen LogP contribution in [0.5, 0.6) is 23.0 Å². The monoisotopic (exact) mass is 388 g/mol. The van der Waals surface area contributed by atoms with Crippen molar-refractivity contribution in [2.75, 3.05) is 13.1 Å². The van der Waals surface area contributed by atoms with Crippen LogP contribution in [0.3, 0.4) is 0 Å². The van der Waals surface area contributed by atoms with Crippen molar-refractivity contribution < 1.29 is 14.9 Å². The fourth-order valence-corrected chi connectivity index (χ4v) is 3.81. The third-order valence-corrected chi connectivity index (χ3v) is 5.16. The van der Waals surface area contributed by atoms with Crippen LogP contribution in [0.2, 0.25) is 0 Å². The first-order valence-corrected chi connectivity index (χ1v) is 9.68. The number of hydrogen-bond acceptors (Lipinski definition) is 5. The van der Waals surface area contributed by atoms with Crippen LogP contribution in [0.4, 0.5) is 0 Å². The first-order chi connectivity index (χ1) is 14.1. The van der Waals surface area contributed by atoms with E-state index >= 15 is 0 Å². The summed E-state index contributed by atoms with van der Waals surface area (Å²) in [5.41, 5.74) is 13.6. The molecule has 6 N–H and O–H groups in total. The zero-order valence-corrected chi connectivity index (χ0v) is 16.1. The summed E-state index contributed by atoms with van der Waals surface area (Å²) in [6.45, 7) is 0.929. The molecule has 0 atom stereocenters. The van der Waals surface area contributed by atoms with Crippen LogP contribution in [0.1, 0.15) is 11.1 Å². The van der Waals surface area contributed by atoms with Gasteiger partial charge in [-0.1, -0.05) is 24.3 Å². The van der Waals surface area contributed by atoms with Crippen molar-refractivity contribution in [1.82, 2.24) is 0 Å². The topological polar surface area (TPSA) is 102 Å². The van der Waals surface area contributed by atoms with Crippen LogP contribution in [0, 0.1) is 0 Å². The van der Waals surface area contributed by atoms with Gasteiger partial charge in [0, 0.05) is 11.1 Å². The highest BCUT2D eigenvalue weighted by atomic mass is 16.5. The quantitative estimate of drug-likeness (QED) is 0.396. The Morgan fingerprint density at radius 2 is 1.03 bits per heavy atom. The highest BCUT2D eigenvalue weighted by Gasteiger charge is 2.14. The highest BCUT2D eigenvalue weighted by Crippen LogP contribution is 2.37. The summed E-state index contributed by atoms with van der Waals surface area (Å²) in [5.74, 6) is 1.81. The molecule has 148 valence electrons. The lowest BCUT2D eigenvalue weighted by Gasteiger charge is -2.17. The molecule has 0 amide bonds. The molecule has 4 aromatic carbocycles. The molecule has 4 rings (SSSR count). The summed E-state index contributed by atoms with van der Waals surface area (Å²) in [7, 11) is 0. The van der Waals surface area contributed by atoms with E-state index in [1.807, 2.05) is 36.4 Å². The Morgan fingerprint density at radius 1 is 0.621 bits per heavy atom. The van der Waals surface area contributed by atoms with Crippen molar-refractivity contribution >= 4 is 21.5 Å². The molecule has 0 aromatic heterocycles. The van der Waals surface area contributed by atoms with Gasteiger partial charge in [-0.05, 0) is 83.9 Å². The van der Waals surface area contributed by atoms with Gasteiger partial charge in [0.15, 0.2) is 0 Å². The van der Waals surface area contributed by atoms with Gasteiger partial charge in [0.1, 0.15) is 23.0 Å². The second-order valence-electron chi connectivity index (χ2n) is 7.07. The maximum Gasteiger partial charge on any atom is 0.131 e. The van der Waals surface area contributed by atoms with Crippen LogP contribution in [-0.2, 0) is 12.8 Å². The smallest absolute Gasteiger partial charge is 0.131 e. The molecule has 0 aliphatic heterocycles. The lowest BCUT2D eigenvalue weighted by atomic mass is 9.99. The standard InChI is InChI=1S/C24H24N2O3/c25-11-9-19-21-13-17(27)5-1-15(21)3-7-23(19)29-24-8-4-16-2-6-18(28)14-22(16)20(24)10-12-26/h1-8,13-14,27-28H,9-12,25-26H2. The van der Waals surface area contributed by atoms with E-state index in [1.54, 1.807) is 24.3 Å². The van der Waals surface area contributed by atoms with E-state index in [1.165, 1.54) is 0 Å². The van der Waals surface area contributed by atoms with Crippen LogP contribution in [0.25, 0.3) is 21.5 Å². The Balaban J connectivity index is 1.87. The third-order valence-electron chi connectivity index (χ3n) is 5.16. The van der Waals surface area contributed by atoms with Crippen molar-refractivity contribution in [1.29, 1.82) is 0 Å². The molecule has 29 heavy (non-hydrogen) atoms. The molecule has 4 aromatic rings. The van der Waals surface area contributed by atoms with Gasteiger partial charge in [-0.25, -0.2) is 0 Å². The zero-order valence-electron chi connectivity index (χ0n) is 16.1. The van der Waals surface area contributed by atoms with Gasteiger partial charge in [0.2, 0.25) is 0 Å². The molecule has 0 aliphatic rings. The first kappa shape index (κ1) is 19.1. The number of nitrogens with two attached hydrogens (primary N) is 2. The summed E-state index contributed by atoms with van der Waals surface area (Å²) in [4.78, 5) is 0. The van der Waals surface area contributed by atoms with Crippen molar-refractivity contribution in [3.05, 3.63) is 71.8 Å². The van der Waals surface area contributed by atoms with Gasteiger partial charge < -0.3 is 26.4 Å². The minimum atomic E-state index is 0.206. The normalized spacial score (nSPS) is 11.2. The van der Waals surface area contributed by atoms with Gasteiger partial charge in [0.25, 0.3) is 0 Å². The lowest BCUT2D eigenvalue weighted by Crippen LogP contribution is -2.07. The number of ether oxygens (including phenoxy) is 1. The van der Waals surface area contributed by atoms with E-state index in [4.69, 9.17) is 16.2 Å². The fraction of sp³-hybridized carbons (Fsp3) is 0.167. The third kappa shape index (κ3) is 3.70. The van der Waals surface area contributed by atoms with E-state index in [2.05, 4.69) is 0 Å². The van der Waals surface area contributed by atoms with Gasteiger partial charge >= 0.3 is 0 Å². The number of fused-ring (bicyclic) bond motifs is 2. The summed E-state index contributed by atoms with van der Waals surface area (Å²) in [6, 6.07) is 18.4.